The van der Waals surface area contributed by atoms with E-state index in [1.54, 1.807) is 0 Å². The summed E-state index contributed by atoms with van der Waals surface area (Å²) < 4.78 is 0. The number of anilines is 1. The van der Waals surface area contributed by atoms with Gasteiger partial charge in [-0.25, -0.2) is 0 Å². The minimum absolute atomic E-state index is 0.0445. The Labute approximate surface area is 111 Å². The van der Waals surface area contributed by atoms with E-state index in [0.29, 0.717) is 12.8 Å². The first-order valence-corrected chi connectivity index (χ1v) is 6.66. The minimum atomic E-state index is -0.389. The molecule has 5 nitrogen and oxygen atoms in total. The Morgan fingerprint density at radius 3 is 3.00 bits per heavy atom. The molecule has 0 radical (unpaired) electrons. The summed E-state index contributed by atoms with van der Waals surface area (Å²) in [7, 11) is 0. The normalized spacial score (nSPS) is 21.7. The molecule has 3 rings (SSSR count). The van der Waals surface area contributed by atoms with Crippen molar-refractivity contribution in [1.82, 2.24) is 10.6 Å². The van der Waals surface area contributed by atoms with Gasteiger partial charge < -0.3 is 16.0 Å². The molecule has 1 saturated heterocycles. The van der Waals surface area contributed by atoms with Crippen LogP contribution in [0.4, 0.5) is 5.69 Å². The number of benzene rings is 1. The van der Waals surface area contributed by atoms with Gasteiger partial charge in [-0.2, -0.15) is 0 Å². The summed E-state index contributed by atoms with van der Waals surface area (Å²) in [6, 6.07) is 5.59. The van der Waals surface area contributed by atoms with Gasteiger partial charge in [-0.15, -0.1) is 0 Å². The summed E-state index contributed by atoms with van der Waals surface area (Å²) in [5.41, 5.74) is 3.30. The van der Waals surface area contributed by atoms with E-state index < -0.39 is 0 Å². The molecule has 0 saturated carbocycles. The van der Waals surface area contributed by atoms with Crippen LogP contribution < -0.4 is 16.0 Å². The Morgan fingerprint density at radius 2 is 2.21 bits per heavy atom. The van der Waals surface area contributed by atoms with E-state index in [1.807, 2.05) is 12.1 Å². The van der Waals surface area contributed by atoms with Crippen LogP contribution in [0.3, 0.4) is 0 Å². The first kappa shape index (κ1) is 12.2. The molecule has 0 spiro atoms. The van der Waals surface area contributed by atoms with Crippen LogP contribution in [0.25, 0.3) is 0 Å². The molecule has 0 aromatic heterocycles. The highest BCUT2D eigenvalue weighted by molar-refractivity contribution is 5.99. The van der Waals surface area contributed by atoms with Crippen molar-refractivity contribution >= 4 is 17.5 Å². The van der Waals surface area contributed by atoms with Gasteiger partial charge >= 0.3 is 0 Å². The molecule has 19 heavy (non-hydrogen) atoms. The number of hydrogen-bond donors (Lipinski definition) is 3. The third kappa shape index (κ3) is 2.46. The largest absolute Gasteiger partial charge is 0.344 e. The van der Waals surface area contributed by atoms with E-state index in [4.69, 9.17) is 0 Å². The zero-order valence-corrected chi connectivity index (χ0v) is 10.7. The smallest absolute Gasteiger partial charge is 0.246 e. The van der Waals surface area contributed by atoms with Crippen LogP contribution in [0.5, 0.6) is 0 Å². The molecule has 1 fully saturated rings. The fraction of sp³-hybridized carbons (Fsp3) is 0.429. The lowest BCUT2D eigenvalue weighted by molar-refractivity contribution is -0.122. The van der Waals surface area contributed by atoms with Gasteiger partial charge in [0.2, 0.25) is 11.8 Å². The number of carbonyl (C=O) groups is 2. The first-order valence-electron chi connectivity index (χ1n) is 6.66. The number of nitrogens with one attached hydrogen (secondary N) is 3. The van der Waals surface area contributed by atoms with Gasteiger partial charge in [0.25, 0.3) is 0 Å². The Balaban J connectivity index is 1.76. The molecule has 3 N–H and O–H groups in total. The third-order valence-corrected chi connectivity index (χ3v) is 3.72. The zero-order valence-electron chi connectivity index (χ0n) is 10.7. The highest BCUT2D eigenvalue weighted by Crippen LogP contribution is 2.23. The highest BCUT2D eigenvalue weighted by Gasteiger charge is 2.27. The van der Waals surface area contributed by atoms with Crippen LogP contribution in [-0.4, -0.2) is 24.4 Å². The van der Waals surface area contributed by atoms with E-state index in [0.717, 1.165) is 30.8 Å². The zero-order chi connectivity index (χ0) is 13.2. The number of amides is 2. The van der Waals surface area contributed by atoms with Crippen LogP contribution in [-0.2, 0) is 22.6 Å². The number of hydrogen-bond acceptors (Lipinski definition) is 3. The number of rotatable bonds is 2. The lowest BCUT2D eigenvalue weighted by Crippen LogP contribution is -2.37. The van der Waals surface area contributed by atoms with Gasteiger partial charge in [-0.1, -0.05) is 12.1 Å². The van der Waals surface area contributed by atoms with Crippen molar-refractivity contribution in [3.63, 3.8) is 0 Å². The van der Waals surface area contributed by atoms with Gasteiger partial charge in [0.1, 0.15) is 6.04 Å². The predicted octanol–water partition coefficient (Wildman–Crippen LogP) is 0.549. The van der Waals surface area contributed by atoms with Crippen molar-refractivity contribution in [2.45, 2.75) is 31.8 Å². The molecule has 2 heterocycles. The Kier molecular flexibility index (Phi) is 3.21. The summed E-state index contributed by atoms with van der Waals surface area (Å²) in [5.74, 6) is -0.165. The molecular formula is C14H17N3O2. The SMILES string of the molecule is O=C1CC[C@H](C(=O)Nc2cccc3c2CNCC3)N1. The molecule has 0 bridgehead atoms. The maximum Gasteiger partial charge on any atom is 0.246 e. The lowest BCUT2D eigenvalue weighted by atomic mass is 9.99. The molecule has 0 unspecified atom stereocenters. The standard InChI is InChI=1S/C14H17N3O2/c18-13-5-4-12(16-13)14(19)17-11-3-1-2-9-6-7-15-8-10(9)11/h1-3,12,15H,4-8H2,(H,16,18)(H,17,19)/t12-/m1/s1. The average molecular weight is 259 g/mol. The topological polar surface area (TPSA) is 70.2 Å². The number of fused-ring (bicyclic) bond motifs is 1. The summed E-state index contributed by atoms with van der Waals surface area (Å²) >= 11 is 0. The lowest BCUT2D eigenvalue weighted by Gasteiger charge is -2.21. The fourth-order valence-electron chi connectivity index (χ4n) is 2.66. The molecule has 2 amide bonds. The molecule has 100 valence electrons. The minimum Gasteiger partial charge on any atom is -0.344 e. The fourth-order valence-corrected chi connectivity index (χ4v) is 2.66. The second-order valence-corrected chi connectivity index (χ2v) is 5.02. The molecule has 2 aliphatic heterocycles. The third-order valence-electron chi connectivity index (χ3n) is 3.72. The molecule has 1 atom stereocenters. The monoisotopic (exact) mass is 259 g/mol. The van der Waals surface area contributed by atoms with Gasteiger partial charge in [0, 0.05) is 18.7 Å². The van der Waals surface area contributed by atoms with Crippen molar-refractivity contribution in [3.05, 3.63) is 29.3 Å². The van der Waals surface area contributed by atoms with Crippen LogP contribution in [0.2, 0.25) is 0 Å². The van der Waals surface area contributed by atoms with E-state index in [2.05, 4.69) is 22.0 Å². The van der Waals surface area contributed by atoms with Crippen molar-refractivity contribution in [2.75, 3.05) is 11.9 Å². The predicted molar refractivity (Wildman–Crippen MR) is 71.6 cm³/mol. The second kappa shape index (κ2) is 5.01. The van der Waals surface area contributed by atoms with Crippen molar-refractivity contribution in [1.29, 1.82) is 0 Å². The van der Waals surface area contributed by atoms with Crippen LogP contribution >= 0.6 is 0 Å². The Hall–Kier alpha value is -1.88. The van der Waals surface area contributed by atoms with E-state index >= 15 is 0 Å². The number of carbonyl (C=O) groups excluding carboxylic acids is 2. The van der Waals surface area contributed by atoms with Crippen LogP contribution in [0.1, 0.15) is 24.0 Å². The molecule has 5 heteroatoms. The molecular weight excluding hydrogens is 242 g/mol. The Bertz CT molecular complexity index is 527. The maximum absolute atomic E-state index is 12.1. The van der Waals surface area contributed by atoms with Crippen LogP contribution in [0, 0.1) is 0 Å². The van der Waals surface area contributed by atoms with Crippen LogP contribution in [0.15, 0.2) is 18.2 Å². The van der Waals surface area contributed by atoms with Gasteiger partial charge in [0.15, 0.2) is 0 Å². The summed E-state index contributed by atoms with van der Waals surface area (Å²) in [6.45, 7) is 1.76. The highest BCUT2D eigenvalue weighted by atomic mass is 16.2. The van der Waals surface area contributed by atoms with Gasteiger partial charge in [-0.3, -0.25) is 9.59 Å². The van der Waals surface area contributed by atoms with E-state index in [1.165, 1.54) is 5.56 Å². The van der Waals surface area contributed by atoms with Gasteiger partial charge in [-0.05, 0) is 36.6 Å². The van der Waals surface area contributed by atoms with Crippen molar-refractivity contribution in [3.8, 4) is 0 Å². The maximum atomic E-state index is 12.1. The van der Waals surface area contributed by atoms with E-state index in [9.17, 15) is 9.59 Å². The van der Waals surface area contributed by atoms with Crippen molar-refractivity contribution < 1.29 is 9.59 Å². The summed E-state index contributed by atoms with van der Waals surface area (Å²) in [4.78, 5) is 23.2. The molecule has 0 aliphatic carbocycles. The molecule has 2 aliphatic rings. The summed E-state index contributed by atoms with van der Waals surface area (Å²) in [5, 5.41) is 8.94. The van der Waals surface area contributed by atoms with E-state index in [-0.39, 0.29) is 17.9 Å². The molecule has 1 aromatic carbocycles. The quantitative estimate of drug-likeness (QED) is 0.726. The average Bonchev–Trinajstić information content (AvgIpc) is 2.86. The first-order chi connectivity index (χ1) is 9.24. The summed E-state index contributed by atoms with van der Waals surface area (Å²) in [6.07, 6.45) is 2.00. The second-order valence-electron chi connectivity index (χ2n) is 5.02. The van der Waals surface area contributed by atoms with Gasteiger partial charge in [0.05, 0.1) is 0 Å². The molecule has 1 aromatic rings. The van der Waals surface area contributed by atoms with Crippen molar-refractivity contribution in [2.24, 2.45) is 0 Å². The Morgan fingerprint density at radius 1 is 1.32 bits per heavy atom.